The predicted octanol–water partition coefficient (Wildman–Crippen LogP) is 5.47. The first-order valence-electron chi connectivity index (χ1n) is 12.5. The summed E-state index contributed by atoms with van der Waals surface area (Å²) in [6.07, 6.45) is 4.73. The Bertz CT molecular complexity index is 1530. The van der Waals surface area contributed by atoms with Gasteiger partial charge in [-0.05, 0) is 55.1 Å². The number of anilines is 2. The normalized spacial score (nSPS) is 13.9. The number of nitrogens with zero attached hydrogens (tertiary/aromatic N) is 3. The van der Waals surface area contributed by atoms with Crippen LogP contribution < -0.4 is 15.4 Å². The lowest BCUT2D eigenvalue weighted by molar-refractivity contribution is 0.102. The van der Waals surface area contributed by atoms with Crippen LogP contribution in [0.1, 0.15) is 38.4 Å². The molecule has 0 radical (unpaired) electrons. The molecule has 1 aliphatic rings. The van der Waals surface area contributed by atoms with E-state index in [1.54, 1.807) is 11.4 Å². The number of pyridine rings is 1. The molecule has 0 atom stereocenters. The van der Waals surface area contributed by atoms with Gasteiger partial charge in [-0.2, -0.15) is 0 Å². The minimum Gasteiger partial charge on any atom is -0.490 e. The maximum Gasteiger partial charge on any atom is 0.267 e. The molecule has 2 N–H and O–H groups in total. The Kier molecular flexibility index (Phi) is 10.5. The van der Waals surface area contributed by atoms with Gasteiger partial charge in [0.05, 0.1) is 27.6 Å². The van der Waals surface area contributed by atoms with E-state index in [2.05, 4.69) is 20.5 Å². The molecule has 10 nitrogen and oxygen atoms in total. The van der Waals surface area contributed by atoms with Crippen molar-refractivity contribution in [2.45, 2.75) is 19.4 Å². The van der Waals surface area contributed by atoms with Crippen LogP contribution in [0.2, 0.25) is 15.1 Å². The second kappa shape index (κ2) is 13.7. The standard InChI is InChI=1S/C26H28Cl3N5O5S2/c1-33(41(2,37)38)14-16-15-40-24(22(16)29)26(36)32-23-19(25(35)31-21-6-5-17(27)13-30-21)11-18(28)12-20(23)39-10-9-34-7-3-4-8-34/h5-6,11-13,15H,3-4,7-10,14H2,1-2H3,(H,32,36)(H,30,31,35). The van der Waals surface area contributed by atoms with Crippen molar-refractivity contribution in [2.75, 3.05) is 50.2 Å². The highest BCUT2D eigenvalue weighted by Crippen LogP contribution is 2.36. The molecule has 1 aromatic carbocycles. The molecule has 0 saturated carbocycles. The third-order valence-electron chi connectivity index (χ3n) is 6.35. The van der Waals surface area contributed by atoms with Crippen molar-refractivity contribution in [3.8, 4) is 5.75 Å². The lowest BCUT2D eigenvalue weighted by Gasteiger charge is -2.19. The van der Waals surface area contributed by atoms with Gasteiger partial charge >= 0.3 is 0 Å². The summed E-state index contributed by atoms with van der Waals surface area (Å²) < 4.78 is 30.9. The Morgan fingerprint density at radius 1 is 1.10 bits per heavy atom. The van der Waals surface area contributed by atoms with Crippen LogP contribution in [0.25, 0.3) is 0 Å². The second-order valence-electron chi connectivity index (χ2n) is 9.42. The molecule has 1 saturated heterocycles. The van der Waals surface area contributed by atoms with E-state index in [4.69, 9.17) is 39.5 Å². The first kappa shape index (κ1) is 31.5. The molecule has 4 rings (SSSR count). The lowest BCUT2D eigenvalue weighted by atomic mass is 10.1. The van der Waals surface area contributed by atoms with Gasteiger partial charge in [-0.25, -0.2) is 17.7 Å². The number of carbonyl (C=O) groups is 2. The number of carbonyl (C=O) groups excluding carboxylic acids is 2. The number of hydrogen-bond donors (Lipinski definition) is 2. The zero-order valence-corrected chi connectivity index (χ0v) is 26.1. The van der Waals surface area contributed by atoms with E-state index >= 15 is 0 Å². The largest absolute Gasteiger partial charge is 0.490 e. The molecule has 1 aliphatic heterocycles. The smallest absolute Gasteiger partial charge is 0.267 e. The van der Waals surface area contributed by atoms with Crippen LogP contribution in [0.3, 0.4) is 0 Å². The topological polar surface area (TPSA) is 121 Å². The third-order valence-corrected chi connectivity index (χ3v) is 9.62. The van der Waals surface area contributed by atoms with E-state index in [0.717, 1.165) is 47.8 Å². The van der Waals surface area contributed by atoms with Crippen LogP contribution in [0.15, 0.2) is 35.8 Å². The number of aromatic nitrogens is 1. The number of halogens is 3. The summed E-state index contributed by atoms with van der Waals surface area (Å²) in [5.41, 5.74) is 0.620. The van der Waals surface area contributed by atoms with Crippen LogP contribution in [0, 0.1) is 0 Å². The van der Waals surface area contributed by atoms with Crippen LogP contribution in [0.4, 0.5) is 11.5 Å². The summed E-state index contributed by atoms with van der Waals surface area (Å²) in [6.45, 7) is 2.94. The first-order valence-corrected chi connectivity index (χ1v) is 16.4. The number of thiophene rings is 1. The summed E-state index contributed by atoms with van der Waals surface area (Å²) in [7, 11) is -2.04. The summed E-state index contributed by atoms with van der Waals surface area (Å²) in [4.78, 5) is 33.3. The van der Waals surface area contributed by atoms with Gasteiger partial charge < -0.3 is 15.4 Å². The Labute approximate surface area is 257 Å². The molecular weight excluding hydrogens is 633 g/mol. The van der Waals surface area contributed by atoms with Gasteiger partial charge in [0.1, 0.15) is 23.1 Å². The molecule has 0 unspecified atom stereocenters. The number of nitrogens with one attached hydrogen (secondary N) is 2. The molecule has 220 valence electrons. The number of rotatable bonds is 11. The number of hydrogen-bond acceptors (Lipinski definition) is 8. The van der Waals surface area contributed by atoms with Gasteiger partial charge in [-0.3, -0.25) is 14.5 Å². The molecule has 3 aromatic rings. The Balaban J connectivity index is 1.63. The molecule has 15 heteroatoms. The van der Waals surface area contributed by atoms with Crippen molar-refractivity contribution in [1.29, 1.82) is 0 Å². The van der Waals surface area contributed by atoms with E-state index in [0.29, 0.717) is 23.7 Å². The van der Waals surface area contributed by atoms with Crippen LogP contribution >= 0.6 is 46.1 Å². The molecule has 0 bridgehead atoms. The highest BCUT2D eigenvalue weighted by Gasteiger charge is 2.25. The first-order chi connectivity index (χ1) is 19.4. The summed E-state index contributed by atoms with van der Waals surface area (Å²) in [5.74, 6) is -0.730. The van der Waals surface area contributed by atoms with Crippen LogP contribution in [-0.2, 0) is 16.6 Å². The second-order valence-corrected chi connectivity index (χ2v) is 13.6. The van der Waals surface area contributed by atoms with E-state index in [-0.39, 0.29) is 44.3 Å². The molecule has 0 aliphatic carbocycles. The molecule has 3 heterocycles. The highest BCUT2D eigenvalue weighted by molar-refractivity contribution is 7.88. The predicted molar refractivity (Wildman–Crippen MR) is 163 cm³/mol. The third kappa shape index (κ3) is 8.31. The Morgan fingerprint density at radius 2 is 1.83 bits per heavy atom. The molecule has 0 spiro atoms. The van der Waals surface area contributed by atoms with Crippen molar-refractivity contribution in [3.63, 3.8) is 0 Å². The molecular formula is C26H28Cl3N5O5S2. The fourth-order valence-electron chi connectivity index (χ4n) is 4.09. The van der Waals surface area contributed by atoms with E-state index in [1.807, 2.05) is 0 Å². The maximum atomic E-state index is 13.4. The number of likely N-dealkylation sites (tertiary alicyclic amines) is 1. The van der Waals surface area contributed by atoms with Gasteiger partial charge in [0, 0.05) is 37.4 Å². The van der Waals surface area contributed by atoms with Gasteiger partial charge in [-0.15, -0.1) is 11.3 Å². The molecule has 1 fully saturated rings. The number of sulfonamides is 1. The Hall–Kier alpha value is -2.45. The summed E-state index contributed by atoms with van der Waals surface area (Å²) in [6, 6.07) is 6.06. The quantitative estimate of drug-likeness (QED) is 0.280. The fraction of sp³-hybridized carbons (Fsp3) is 0.346. The number of amides is 2. The average Bonchev–Trinajstić information content (AvgIpc) is 3.56. The van der Waals surface area contributed by atoms with Crippen molar-refractivity contribution in [3.05, 3.63) is 66.9 Å². The van der Waals surface area contributed by atoms with Gasteiger partial charge in [0.2, 0.25) is 10.0 Å². The minimum absolute atomic E-state index is 0.00496. The Morgan fingerprint density at radius 3 is 2.49 bits per heavy atom. The van der Waals surface area contributed by atoms with E-state index in [9.17, 15) is 18.0 Å². The molecule has 41 heavy (non-hydrogen) atoms. The van der Waals surface area contributed by atoms with E-state index in [1.165, 1.54) is 31.4 Å². The van der Waals surface area contributed by atoms with Crippen LogP contribution in [0.5, 0.6) is 5.75 Å². The minimum atomic E-state index is -3.46. The van der Waals surface area contributed by atoms with Crippen LogP contribution in [-0.4, -0.2) is 74.0 Å². The fourth-order valence-corrected chi connectivity index (χ4v) is 6.03. The monoisotopic (exact) mass is 659 g/mol. The zero-order chi connectivity index (χ0) is 29.7. The van der Waals surface area contributed by atoms with E-state index < -0.39 is 21.8 Å². The van der Waals surface area contributed by atoms with Crippen molar-refractivity contribution >= 4 is 79.5 Å². The SMILES string of the molecule is CN(Cc1csc(C(=O)Nc2c(OCCN3CCCC3)cc(Cl)cc2C(=O)Nc2ccc(Cl)cn2)c1Cl)S(C)(=O)=O. The van der Waals surface area contributed by atoms with Gasteiger partial charge in [-0.1, -0.05) is 34.8 Å². The number of benzene rings is 1. The average molecular weight is 661 g/mol. The lowest BCUT2D eigenvalue weighted by Crippen LogP contribution is -2.25. The molecule has 2 amide bonds. The maximum absolute atomic E-state index is 13.4. The highest BCUT2D eigenvalue weighted by atomic mass is 35.5. The van der Waals surface area contributed by atoms with Gasteiger partial charge in [0.15, 0.2) is 0 Å². The zero-order valence-electron chi connectivity index (χ0n) is 22.2. The number of ether oxygens (including phenoxy) is 1. The summed E-state index contributed by atoms with van der Waals surface area (Å²) in [5, 5.41) is 7.82. The van der Waals surface area contributed by atoms with Crippen molar-refractivity contribution in [2.24, 2.45) is 0 Å². The van der Waals surface area contributed by atoms with Gasteiger partial charge in [0.25, 0.3) is 11.8 Å². The van der Waals surface area contributed by atoms with Crippen molar-refractivity contribution in [1.82, 2.24) is 14.2 Å². The van der Waals surface area contributed by atoms with Crippen molar-refractivity contribution < 1.29 is 22.7 Å². The molecule has 2 aromatic heterocycles. The summed E-state index contributed by atoms with van der Waals surface area (Å²) >= 11 is 19.8.